The summed E-state index contributed by atoms with van der Waals surface area (Å²) in [5.41, 5.74) is 1.02. The SMILES string of the molecule is O=C(C1CCN(c2ncccn2)CC1)N1CCCC1c1ccccn1. The molecular weight excluding hydrogens is 314 g/mol. The van der Waals surface area contributed by atoms with Gasteiger partial charge >= 0.3 is 0 Å². The highest BCUT2D eigenvalue weighted by molar-refractivity contribution is 5.80. The lowest BCUT2D eigenvalue weighted by molar-refractivity contribution is -0.137. The van der Waals surface area contributed by atoms with Crippen LogP contribution in [0.15, 0.2) is 42.9 Å². The van der Waals surface area contributed by atoms with E-state index in [0.717, 1.165) is 57.0 Å². The second-order valence-corrected chi connectivity index (χ2v) is 6.75. The number of anilines is 1. The molecule has 2 aliphatic heterocycles. The fourth-order valence-electron chi connectivity index (χ4n) is 3.93. The molecule has 25 heavy (non-hydrogen) atoms. The minimum atomic E-state index is 0.101. The van der Waals surface area contributed by atoms with Crippen LogP contribution in [-0.4, -0.2) is 45.4 Å². The van der Waals surface area contributed by atoms with Crippen LogP contribution in [0.2, 0.25) is 0 Å². The van der Waals surface area contributed by atoms with E-state index in [4.69, 9.17) is 0 Å². The summed E-state index contributed by atoms with van der Waals surface area (Å²) in [6.07, 6.45) is 9.14. The van der Waals surface area contributed by atoms with Crippen molar-refractivity contribution in [2.45, 2.75) is 31.7 Å². The van der Waals surface area contributed by atoms with Crippen LogP contribution in [0.25, 0.3) is 0 Å². The predicted octanol–water partition coefficient (Wildman–Crippen LogP) is 2.45. The summed E-state index contributed by atoms with van der Waals surface area (Å²) >= 11 is 0. The first-order valence-electron chi connectivity index (χ1n) is 9.06. The Labute approximate surface area is 147 Å². The summed E-state index contributed by atoms with van der Waals surface area (Å²) in [6.45, 7) is 2.52. The van der Waals surface area contributed by atoms with Gasteiger partial charge in [0.25, 0.3) is 0 Å². The molecule has 2 aliphatic rings. The average molecular weight is 337 g/mol. The van der Waals surface area contributed by atoms with Gasteiger partial charge in [0.15, 0.2) is 0 Å². The molecule has 2 aromatic rings. The highest BCUT2D eigenvalue weighted by Crippen LogP contribution is 2.33. The van der Waals surface area contributed by atoms with Crippen LogP contribution >= 0.6 is 0 Å². The zero-order valence-corrected chi connectivity index (χ0v) is 14.3. The van der Waals surface area contributed by atoms with E-state index in [1.165, 1.54) is 0 Å². The number of rotatable bonds is 3. The molecule has 0 aliphatic carbocycles. The number of nitrogens with zero attached hydrogens (tertiary/aromatic N) is 5. The van der Waals surface area contributed by atoms with Crippen LogP contribution in [0.3, 0.4) is 0 Å². The molecule has 2 fully saturated rings. The van der Waals surface area contributed by atoms with Crippen LogP contribution in [-0.2, 0) is 4.79 Å². The molecule has 2 aromatic heterocycles. The minimum absolute atomic E-state index is 0.101. The highest BCUT2D eigenvalue weighted by Gasteiger charge is 2.36. The van der Waals surface area contributed by atoms with Crippen molar-refractivity contribution >= 4 is 11.9 Å². The molecule has 6 nitrogen and oxygen atoms in total. The standard InChI is InChI=1S/C19H23N5O/c25-18(24-12-3-6-17(24)16-5-1-2-9-20-16)15-7-13-23(14-8-15)19-21-10-4-11-22-19/h1-2,4-5,9-11,15,17H,3,6-8,12-14H2. The van der Waals surface area contributed by atoms with Crippen LogP contribution in [0.4, 0.5) is 5.95 Å². The first-order valence-corrected chi connectivity index (χ1v) is 9.06. The van der Waals surface area contributed by atoms with Gasteiger partial charge in [0.1, 0.15) is 0 Å². The molecule has 0 N–H and O–H groups in total. The normalized spacial score (nSPS) is 21.5. The largest absolute Gasteiger partial charge is 0.341 e. The Balaban J connectivity index is 1.40. The number of piperidine rings is 1. The van der Waals surface area contributed by atoms with Gasteiger partial charge in [-0.15, -0.1) is 0 Å². The summed E-state index contributed by atoms with van der Waals surface area (Å²) < 4.78 is 0. The third-order valence-electron chi connectivity index (χ3n) is 5.24. The third-order valence-corrected chi connectivity index (χ3v) is 5.24. The van der Waals surface area contributed by atoms with Gasteiger partial charge in [-0.2, -0.15) is 0 Å². The monoisotopic (exact) mass is 337 g/mol. The maximum atomic E-state index is 13.1. The highest BCUT2D eigenvalue weighted by atomic mass is 16.2. The number of hydrogen-bond donors (Lipinski definition) is 0. The van der Waals surface area contributed by atoms with Gasteiger partial charge in [-0.05, 0) is 43.9 Å². The first-order chi connectivity index (χ1) is 12.3. The number of amides is 1. The summed E-state index contributed by atoms with van der Waals surface area (Å²) in [5.74, 6) is 1.16. The van der Waals surface area contributed by atoms with E-state index in [0.29, 0.717) is 5.91 Å². The summed E-state index contributed by atoms with van der Waals surface area (Å²) in [6, 6.07) is 7.92. The molecule has 1 atom stereocenters. The van der Waals surface area contributed by atoms with Crippen LogP contribution in [0.1, 0.15) is 37.4 Å². The molecule has 130 valence electrons. The second-order valence-electron chi connectivity index (χ2n) is 6.75. The summed E-state index contributed by atoms with van der Waals surface area (Å²) in [5, 5.41) is 0. The van der Waals surface area contributed by atoms with Crippen molar-refractivity contribution in [1.82, 2.24) is 19.9 Å². The van der Waals surface area contributed by atoms with Crippen LogP contribution in [0.5, 0.6) is 0 Å². The van der Waals surface area contributed by atoms with Gasteiger partial charge in [-0.25, -0.2) is 9.97 Å². The van der Waals surface area contributed by atoms with Gasteiger partial charge in [0, 0.05) is 44.1 Å². The van der Waals surface area contributed by atoms with Crippen molar-refractivity contribution in [3.63, 3.8) is 0 Å². The Morgan fingerprint density at radius 2 is 1.68 bits per heavy atom. The van der Waals surface area contributed by atoms with Crippen molar-refractivity contribution < 1.29 is 4.79 Å². The molecule has 1 amide bonds. The van der Waals surface area contributed by atoms with Gasteiger partial charge in [-0.1, -0.05) is 6.07 Å². The van der Waals surface area contributed by atoms with E-state index in [9.17, 15) is 4.79 Å². The second kappa shape index (κ2) is 7.17. The van der Waals surface area contributed by atoms with E-state index < -0.39 is 0 Å². The third kappa shape index (κ3) is 3.34. The molecule has 1 unspecified atom stereocenters. The summed E-state index contributed by atoms with van der Waals surface area (Å²) in [4.78, 5) is 30.4. The molecule has 0 spiro atoms. The lowest BCUT2D eigenvalue weighted by atomic mass is 9.95. The number of pyridine rings is 1. The van der Waals surface area contributed by atoms with Crippen molar-refractivity contribution in [2.24, 2.45) is 5.92 Å². The Kier molecular flexibility index (Phi) is 4.59. The topological polar surface area (TPSA) is 62.2 Å². The quantitative estimate of drug-likeness (QED) is 0.861. The zero-order valence-electron chi connectivity index (χ0n) is 14.3. The van der Waals surface area contributed by atoms with E-state index in [1.807, 2.05) is 30.5 Å². The van der Waals surface area contributed by atoms with E-state index in [1.54, 1.807) is 12.4 Å². The van der Waals surface area contributed by atoms with Gasteiger partial charge < -0.3 is 9.80 Å². The molecule has 0 saturated carbocycles. The van der Waals surface area contributed by atoms with Crippen LogP contribution in [0, 0.1) is 5.92 Å². The maximum Gasteiger partial charge on any atom is 0.226 e. The number of likely N-dealkylation sites (tertiary alicyclic amines) is 1. The average Bonchev–Trinajstić information content (AvgIpc) is 3.19. The summed E-state index contributed by atoms with van der Waals surface area (Å²) in [7, 11) is 0. The Hall–Kier alpha value is -2.50. The lowest BCUT2D eigenvalue weighted by Gasteiger charge is -2.34. The number of carbonyl (C=O) groups is 1. The zero-order chi connectivity index (χ0) is 17.1. The smallest absolute Gasteiger partial charge is 0.226 e. The van der Waals surface area contributed by atoms with Crippen molar-refractivity contribution in [1.29, 1.82) is 0 Å². The van der Waals surface area contributed by atoms with E-state index >= 15 is 0 Å². The lowest BCUT2D eigenvalue weighted by Crippen LogP contribution is -2.43. The maximum absolute atomic E-state index is 13.1. The Morgan fingerprint density at radius 3 is 2.40 bits per heavy atom. The van der Waals surface area contributed by atoms with E-state index in [2.05, 4.69) is 24.8 Å². The predicted molar refractivity (Wildman–Crippen MR) is 94.9 cm³/mol. The molecule has 0 radical (unpaired) electrons. The minimum Gasteiger partial charge on any atom is -0.341 e. The fraction of sp³-hybridized carbons (Fsp3) is 0.474. The Morgan fingerprint density at radius 1 is 0.920 bits per heavy atom. The van der Waals surface area contributed by atoms with E-state index in [-0.39, 0.29) is 12.0 Å². The molecule has 0 bridgehead atoms. The molecule has 2 saturated heterocycles. The molecule has 4 heterocycles. The van der Waals surface area contributed by atoms with Gasteiger partial charge in [0.2, 0.25) is 11.9 Å². The van der Waals surface area contributed by atoms with Crippen molar-refractivity contribution in [2.75, 3.05) is 24.5 Å². The van der Waals surface area contributed by atoms with Crippen LogP contribution < -0.4 is 4.90 Å². The Bertz CT molecular complexity index is 700. The molecule has 4 rings (SSSR count). The van der Waals surface area contributed by atoms with Crippen molar-refractivity contribution in [3.05, 3.63) is 48.5 Å². The van der Waals surface area contributed by atoms with Gasteiger partial charge in [-0.3, -0.25) is 9.78 Å². The fourth-order valence-corrected chi connectivity index (χ4v) is 3.93. The number of hydrogen-bond acceptors (Lipinski definition) is 5. The first kappa shape index (κ1) is 16.0. The van der Waals surface area contributed by atoms with Gasteiger partial charge in [0.05, 0.1) is 11.7 Å². The van der Waals surface area contributed by atoms with Crippen molar-refractivity contribution in [3.8, 4) is 0 Å². The number of aromatic nitrogens is 3. The number of carbonyl (C=O) groups excluding carboxylic acids is 1. The molecule has 6 heteroatoms. The molecular formula is C19H23N5O. The molecule has 0 aromatic carbocycles.